The lowest BCUT2D eigenvalue weighted by Gasteiger charge is -2.36. The zero-order chi connectivity index (χ0) is 15.5. The molecular formula is C14H22N6O2. The van der Waals surface area contributed by atoms with Crippen molar-refractivity contribution in [1.82, 2.24) is 30.1 Å². The Labute approximate surface area is 129 Å². The van der Waals surface area contributed by atoms with E-state index in [0.29, 0.717) is 30.2 Å². The summed E-state index contributed by atoms with van der Waals surface area (Å²) in [7, 11) is 2.10. The number of aryl methyl sites for hydroxylation is 2. The lowest BCUT2D eigenvalue weighted by molar-refractivity contribution is 0.0972. The van der Waals surface area contributed by atoms with Gasteiger partial charge in [0, 0.05) is 19.5 Å². The summed E-state index contributed by atoms with van der Waals surface area (Å²) in [6, 6.07) is 0.467. The summed E-state index contributed by atoms with van der Waals surface area (Å²) >= 11 is 0. The number of rotatable bonds is 5. The molecule has 1 fully saturated rings. The van der Waals surface area contributed by atoms with Gasteiger partial charge in [0.15, 0.2) is 11.6 Å². The molecule has 1 unspecified atom stereocenters. The SMILES string of the molecule is Cc1noc(CN(C)C2CCCN(Cc3noc(C)n3)C2)n1. The number of nitrogens with zero attached hydrogens (tertiary/aromatic N) is 6. The highest BCUT2D eigenvalue weighted by atomic mass is 16.5. The molecule has 3 rings (SSSR count). The molecule has 8 nitrogen and oxygen atoms in total. The molecule has 2 aromatic rings. The van der Waals surface area contributed by atoms with E-state index in [1.807, 2.05) is 13.8 Å². The molecule has 0 N–H and O–H groups in total. The normalized spacial score (nSPS) is 19.9. The van der Waals surface area contributed by atoms with Gasteiger partial charge in [-0.2, -0.15) is 9.97 Å². The summed E-state index contributed by atoms with van der Waals surface area (Å²) in [5, 5.41) is 7.81. The Morgan fingerprint density at radius 1 is 1.23 bits per heavy atom. The lowest BCUT2D eigenvalue weighted by atomic mass is 10.0. The third-order valence-electron chi connectivity index (χ3n) is 3.99. The van der Waals surface area contributed by atoms with Crippen LogP contribution in [-0.4, -0.2) is 56.3 Å². The number of hydrogen-bond donors (Lipinski definition) is 0. The van der Waals surface area contributed by atoms with Crippen molar-refractivity contribution in [3.63, 3.8) is 0 Å². The maximum atomic E-state index is 5.20. The second-order valence-corrected chi connectivity index (χ2v) is 5.91. The molecule has 120 valence electrons. The van der Waals surface area contributed by atoms with Crippen molar-refractivity contribution in [3.8, 4) is 0 Å². The van der Waals surface area contributed by atoms with Gasteiger partial charge in [-0.15, -0.1) is 0 Å². The minimum absolute atomic E-state index is 0.467. The number of piperidine rings is 1. The van der Waals surface area contributed by atoms with Crippen molar-refractivity contribution < 1.29 is 9.05 Å². The third-order valence-corrected chi connectivity index (χ3v) is 3.99. The van der Waals surface area contributed by atoms with E-state index in [0.717, 1.165) is 31.9 Å². The van der Waals surface area contributed by atoms with Crippen molar-refractivity contribution in [1.29, 1.82) is 0 Å². The fraction of sp³-hybridized carbons (Fsp3) is 0.714. The minimum atomic E-state index is 0.467. The van der Waals surface area contributed by atoms with Crippen LogP contribution < -0.4 is 0 Å². The van der Waals surface area contributed by atoms with Gasteiger partial charge in [0.05, 0.1) is 13.1 Å². The quantitative estimate of drug-likeness (QED) is 0.814. The van der Waals surface area contributed by atoms with Gasteiger partial charge >= 0.3 is 0 Å². The smallest absolute Gasteiger partial charge is 0.240 e. The van der Waals surface area contributed by atoms with Gasteiger partial charge in [0.2, 0.25) is 11.8 Å². The molecule has 0 spiro atoms. The van der Waals surface area contributed by atoms with Crippen LogP contribution in [0.15, 0.2) is 9.05 Å². The van der Waals surface area contributed by atoms with Gasteiger partial charge in [-0.25, -0.2) is 0 Å². The number of hydrogen-bond acceptors (Lipinski definition) is 8. The molecule has 1 atom stereocenters. The second kappa shape index (κ2) is 6.53. The van der Waals surface area contributed by atoms with Crippen LogP contribution in [0.2, 0.25) is 0 Å². The minimum Gasteiger partial charge on any atom is -0.340 e. The van der Waals surface area contributed by atoms with Gasteiger partial charge < -0.3 is 9.05 Å². The average molecular weight is 306 g/mol. The standard InChI is InChI=1S/C14H22N6O2/c1-10-15-14(22-17-10)9-19(3)12-5-4-6-20(7-12)8-13-16-11(2)21-18-13/h12H,4-9H2,1-3H3. The van der Waals surface area contributed by atoms with Crippen LogP contribution in [0.4, 0.5) is 0 Å². The average Bonchev–Trinajstić information content (AvgIpc) is 3.08. The number of likely N-dealkylation sites (tertiary alicyclic amines) is 1. The largest absolute Gasteiger partial charge is 0.340 e. The van der Waals surface area contributed by atoms with Gasteiger partial charge in [-0.05, 0) is 33.4 Å². The highest BCUT2D eigenvalue weighted by Crippen LogP contribution is 2.18. The Kier molecular flexibility index (Phi) is 4.49. The van der Waals surface area contributed by atoms with Crippen LogP contribution in [0.5, 0.6) is 0 Å². The van der Waals surface area contributed by atoms with Crippen LogP contribution >= 0.6 is 0 Å². The third kappa shape index (κ3) is 3.69. The Morgan fingerprint density at radius 3 is 2.77 bits per heavy atom. The van der Waals surface area contributed by atoms with E-state index in [9.17, 15) is 0 Å². The molecular weight excluding hydrogens is 284 g/mol. The summed E-state index contributed by atoms with van der Waals surface area (Å²) in [5.74, 6) is 2.73. The number of aromatic nitrogens is 4. The van der Waals surface area contributed by atoms with Crippen LogP contribution in [-0.2, 0) is 13.1 Å². The first-order valence-electron chi connectivity index (χ1n) is 7.61. The Bertz CT molecular complexity index is 570. The van der Waals surface area contributed by atoms with Crippen molar-refractivity contribution in [2.75, 3.05) is 20.1 Å². The Balaban J connectivity index is 1.55. The summed E-state index contributed by atoms with van der Waals surface area (Å²) < 4.78 is 10.2. The van der Waals surface area contributed by atoms with Crippen LogP contribution in [0, 0.1) is 13.8 Å². The lowest BCUT2D eigenvalue weighted by Crippen LogP contribution is -2.45. The van der Waals surface area contributed by atoms with Crippen molar-refractivity contribution >= 4 is 0 Å². The molecule has 1 saturated heterocycles. The molecule has 0 amide bonds. The van der Waals surface area contributed by atoms with E-state index < -0.39 is 0 Å². The summed E-state index contributed by atoms with van der Waals surface area (Å²) in [6.07, 6.45) is 2.33. The van der Waals surface area contributed by atoms with Gasteiger partial charge in [-0.1, -0.05) is 10.3 Å². The molecule has 22 heavy (non-hydrogen) atoms. The van der Waals surface area contributed by atoms with Crippen LogP contribution in [0.25, 0.3) is 0 Å². The van der Waals surface area contributed by atoms with E-state index in [-0.39, 0.29) is 0 Å². The number of likely N-dealkylation sites (N-methyl/N-ethyl adjacent to an activating group) is 1. The van der Waals surface area contributed by atoms with E-state index in [2.05, 4.69) is 37.1 Å². The van der Waals surface area contributed by atoms with Crippen molar-refractivity contribution in [2.24, 2.45) is 0 Å². The first kappa shape index (κ1) is 15.1. The molecule has 1 aliphatic heterocycles. The Morgan fingerprint density at radius 2 is 2.09 bits per heavy atom. The summed E-state index contributed by atoms with van der Waals surface area (Å²) in [6.45, 7) is 7.12. The fourth-order valence-electron chi connectivity index (χ4n) is 2.89. The van der Waals surface area contributed by atoms with Gasteiger partial charge in [-0.3, -0.25) is 9.80 Å². The van der Waals surface area contributed by atoms with Gasteiger partial charge in [0.25, 0.3) is 0 Å². The van der Waals surface area contributed by atoms with Crippen molar-refractivity contribution in [2.45, 2.75) is 45.8 Å². The first-order chi connectivity index (χ1) is 10.6. The molecule has 1 aliphatic rings. The molecule has 2 aromatic heterocycles. The molecule has 3 heterocycles. The highest BCUT2D eigenvalue weighted by molar-refractivity contribution is 4.89. The Hall–Kier alpha value is -1.80. The predicted octanol–water partition coefficient (Wildman–Crippen LogP) is 1.17. The second-order valence-electron chi connectivity index (χ2n) is 5.91. The predicted molar refractivity (Wildman–Crippen MR) is 77.8 cm³/mol. The zero-order valence-electron chi connectivity index (χ0n) is 13.3. The molecule has 0 saturated carbocycles. The van der Waals surface area contributed by atoms with Crippen LogP contribution in [0.1, 0.15) is 36.3 Å². The fourth-order valence-corrected chi connectivity index (χ4v) is 2.89. The highest BCUT2D eigenvalue weighted by Gasteiger charge is 2.25. The zero-order valence-corrected chi connectivity index (χ0v) is 13.3. The molecule has 0 radical (unpaired) electrons. The first-order valence-corrected chi connectivity index (χ1v) is 7.61. The summed E-state index contributed by atoms with van der Waals surface area (Å²) in [4.78, 5) is 13.2. The van der Waals surface area contributed by atoms with Crippen LogP contribution in [0.3, 0.4) is 0 Å². The monoisotopic (exact) mass is 306 g/mol. The molecule has 0 aliphatic carbocycles. The summed E-state index contributed by atoms with van der Waals surface area (Å²) in [5.41, 5.74) is 0. The van der Waals surface area contributed by atoms with E-state index in [1.54, 1.807) is 0 Å². The van der Waals surface area contributed by atoms with Crippen molar-refractivity contribution in [3.05, 3.63) is 23.4 Å². The van der Waals surface area contributed by atoms with Gasteiger partial charge in [0.1, 0.15) is 0 Å². The molecule has 0 aromatic carbocycles. The maximum absolute atomic E-state index is 5.20. The molecule has 0 bridgehead atoms. The maximum Gasteiger partial charge on any atom is 0.240 e. The van der Waals surface area contributed by atoms with E-state index >= 15 is 0 Å². The molecule has 8 heteroatoms. The van der Waals surface area contributed by atoms with E-state index in [4.69, 9.17) is 9.05 Å². The topological polar surface area (TPSA) is 84.3 Å². The van der Waals surface area contributed by atoms with E-state index in [1.165, 1.54) is 6.42 Å².